The largest absolute Gasteiger partial charge is 0.359 e. The van der Waals surface area contributed by atoms with E-state index < -0.39 is 5.82 Å². The molecule has 0 fully saturated rings. The van der Waals surface area contributed by atoms with Crippen LogP contribution in [0.3, 0.4) is 0 Å². The number of nitrogens with zero attached hydrogens (tertiary/aromatic N) is 2. The first kappa shape index (κ1) is 15.2. The molecular formula is C18H18FN3O. The molecule has 118 valence electrons. The third-order valence-electron chi connectivity index (χ3n) is 4.10. The minimum atomic E-state index is -0.464. The van der Waals surface area contributed by atoms with E-state index >= 15 is 0 Å². The minimum Gasteiger partial charge on any atom is -0.359 e. The van der Waals surface area contributed by atoms with Crippen LogP contribution >= 0.6 is 0 Å². The van der Waals surface area contributed by atoms with E-state index in [-0.39, 0.29) is 5.91 Å². The molecule has 0 saturated carbocycles. The summed E-state index contributed by atoms with van der Waals surface area (Å²) in [6.07, 6.45) is 2.97. The van der Waals surface area contributed by atoms with Crippen LogP contribution in [0.2, 0.25) is 0 Å². The van der Waals surface area contributed by atoms with Crippen molar-refractivity contribution in [3.63, 3.8) is 0 Å². The van der Waals surface area contributed by atoms with Gasteiger partial charge in [-0.05, 0) is 26.8 Å². The number of pyridine rings is 1. The van der Waals surface area contributed by atoms with Crippen molar-refractivity contribution in [2.45, 2.75) is 20.8 Å². The van der Waals surface area contributed by atoms with Crippen LogP contribution in [0, 0.1) is 19.7 Å². The number of amides is 1. The second-order valence-corrected chi connectivity index (χ2v) is 5.46. The van der Waals surface area contributed by atoms with Gasteiger partial charge >= 0.3 is 0 Å². The van der Waals surface area contributed by atoms with Crippen LogP contribution in [0.1, 0.15) is 28.5 Å². The van der Waals surface area contributed by atoms with Crippen LogP contribution in [0.4, 0.5) is 10.1 Å². The van der Waals surface area contributed by atoms with Crippen LogP contribution < -0.4 is 4.90 Å². The number of nitrogens with one attached hydrogen (secondary N) is 1. The van der Waals surface area contributed by atoms with Gasteiger partial charge in [-0.25, -0.2) is 4.39 Å². The molecule has 2 heterocycles. The Bertz CT molecular complexity index is 885. The number of fused-ring (bicyclic) bond motifs is 1. The predicted molar refractivity (Wildman–Crippen MR) is 89.3 cm³/mol. The molecule has 0 aliphatic rings. The minimum absolute atomic E-state index is 0.237. The number of para-hydroxylation sites is 1. The molecule has 0 radical (unpaired) electrons. The van der Waals surface area contributed by atoms with Crippen molar-refractivity contribution < 1.29 is 9.18 Å². The van der Waals surface area contributed by atoms with Gasteiger partial charge in [0.1, 0.15) is 5.82 Å². The van der Waals surface area contributed by atoms with Gasteiger partial charge in [0.15, 0.2) is 0 Å². The number of carbonyl (C=O) groups excluding carboxylic acids is 1. The Morgan fingerprint density at radius 2 is 2.04 bits per heavy atom. The van der Waals surface area contributed by atoms with Crippen molar-refractivity contribution in [3.05, 3.63) is 59.3 Å². The van der Waals surface area contributed by atoms with Gasteiger partial charge < -0.3 is 9.88 Å². The Kier molecular flexibility index (Phi) is 3.86. The molecule has 0 saturated heterocycles. The molecule has 3 rings (SSSR count). The van der Waals surface area contributed by atoms with Crippen LogP contribution in [0.5, 0.6) is 0 Å². The quantitative estimate of drug-likeness (QED) is 0.795. The maximum Gasteiger partial charge on any atom is 0.260 e. The second-order valence-electron chi connectivity index (χ2n) is 5.46. The van der Waals surface area contributed by atoms with Crippen LogP contribution in [-0.4, -0.2) is 22.4 Å². The van der Waals surface area contributed by atoms with E-state index in [1.165, 1.54) is 0 Å². The summed E-state index contributed by atoms with van der Waals surface area (Å²) in [6.45, 7) is 5.72. The van der Waals surface area contributed by atoms with Gasteiger partial charge in [-0.15, -0.1) is 0 Å². The van der Waals surface area contributed by atoms with Crippen LogP contribution in [0.15, 0.2) is 36.7 Å². The summed E-state index contributed by atoms with van der Waals surface area (Å²) in [6, 6.07) is 7.78. The first-order chi connectivity index (χ1) is 11.0. The van der Waals surface area contributed by atoms with Gasteiger partial charge in [0.05, 0.1) is 23.1 Å². The van der Waals surface area contributed by atoms with Crippen LogP contribution in [0.25, 0.3) is 10.9 Å². The highest BCUT2D eigenvalue weighted by Crippen LogP contribution is 2.28. The van der Waals surface area contributed by atoms with E-state index in [0.29, 0.717) is 23.4 Å². The monoisotopic (exact) mass is 311 g/mol. The number of aromatic amines is 1. The van der Waals surface area contributed by atoms with Gasteiger partial charge in [-0.1, -0.05) is 18.2 Å². The summed E-state index contributed by atoms with van der Waals surface area (Å²) in [4.78, 5) is 21.8. The van der Waals surface area contributed by atoms with E-state index in [0.717, 1.165) is 22.8 Å². The van der Waals surface area contributed by atoms with Crippen molar-refractivity contribution >= 4 is 22.5 Å². The number of hydrogen-bond donors (Lipinski definition) is 1. The lowest BCUT2D eigenvalue weighted by Crippen LogP contribution is -2.32. The molecule has 1 amide bonds. The number of aryl methyl sites for hydroxylation is 1. The predicted octanol–water partition coefficient (Wildman–Crippen LogP) is 3.99. The van der Waals surface area contributed by atoms with E-state index in [4.69, 9.17) is 0 Å². The molecule has 23 heavy (non-hydrogen) atoms. The molecule has 0 atom stereocenters. The van der Waals surface area contributed by atoms with Crippen molar-refractivity contribution in [1.29, 1.82) is 0 Å². The lowest BCUT2D eigenvalue weighted by atomic mass is 10.1. The van der Waals surface area contributed by atoms with Crippen molar-refractivity contribution in [2.75, 3.05) is 11.4 Å². The Labute approximate surface area is 134 Å². The molecule has 3 aromatic rings. The zero-order valence-corrected chi connectivity index (χ0v) is 13.4. The molecule has 5 heteroatoms. The van der Waals surface area contributed by atoms with Crippen molar-refractivity contribution in [3.8, 4) is 0 Å². The number of carbonyl (C=O) groups is 1. The van der Waals surface area contributed by atoms with Gasteiger partial charge in [0, 0.05) is 29.2 Å². The summed E-state index contributed by atoms with van der Waals surface area (Å²) in [7, 11) is 0. The average molecular weight is 311 g/mol. The molecule has 0 bridgehead atoms. The Morgan fingerprint density at radius 1 is 1.30 bits per heavy atom. The smallest absolute Gasteiger partial charge is 0.260 e. The number of benzene rings is 1. The molecule has 2 aromatic heterocycles. The number of H-pyrrole nitrogens is 1. The van der Waals surface area contributed by atoms with Crippen LogP contribution in [-0.2, 0) is 0 Å². The first-order valence-electron chi connectivity index (χ1n) is 7.54. The lowest BCUT2D eigenvalue weighted by molar-refractivity contribution is 0.0986. The third-order valence-corrected chi connectivity index (χ3v) is 4.10. The second kappa shape index (κ2) is 5.83. The van der Waals surface area contributed by atoms with E-state index in [9.17, 15) is 9.18 Å². The highest BCUT2D eigenvalue weighted by molar-refractivity contribution is 6.11. The molecule has 0 spiro atoms. The summed E-state index contributed by atoms with van der Waals surface area (Å²) < 4.78 is 13.8. The lowest BCUT2D eigenvalue weighted by Gasteiger charge is -2.22. The van der Waals surface area contributed by atoms with E-state index in [2.05, 4.69) is 9.97 Å². The topological polar surface area (TPSA) is 49.0 Å². The number of hydrogen-bond acceptors (Lipinski definition) is 2. The molecule has 0 unspecified atom stereocenters. The summed E-state index contributed by atoms with van der Waals surface area (Å²) in [5.41, 5.74) is 2.95. The number of halogens is 1. The van der Waals surface area contributed by atoms with E-state index in [1.54, 1.807) is 18.7 Å². The number of aromatic nitrogens is 2. The molecule has 4 nitrogen and oxygen atoms in total. The Balaban J connectivity index is 2.12. The third kappa shape index (κ3) is 2.48. The fraction of sp³-hybridized carbons (Fsp3) is 0.222. The molecule has 0 aliphatic carbocycles. The maximum atomic E-state index is 13.8. The van der Waals surface area contributed by atoms with Crippen molar-refractivity contribution in [1.82, 2.24) is 9.97 Å². The van der Waals surface area contributed by atoms with Gasteiger partial charge in [0.2, 0.25) is 0 Å². The van der Waals surface area contributed by atoms with Gasteiger partial charge in [0.25, 0.3) is 5.91 Å². The zero-order chi connectivity index (χ0) is 16.6. The fourth-order valence-electron chi connectivity index (χ4n) is 2.86. The number of rotatable bonds is 3. The number of anilines is 1. The summed E-state index contributed by atoms with van der Waals surface area (Å²) in [5, 5.41) is 0.961. The Morgan fingerprint density at radius 3 is 2.78 bits per heavy atom. The standard InChI is InChI=1S/C18H18FN3O/c1-4-22(16-10-21-15-8-6-5-7-13(15)16)18(23)17-11(2)14(19)9-20-12(17)3/h5-10,21H,4H2,1-3H3. The highest BCUT2D eigenvalue weighted by atomic mass is 19.1. The normalized spacial score (nSPS) is 11.0. The molecular weight excluding hydrogens is 293 g/mol. The first-order valence-corrected chi connectivity index (χ1v) is 7.54. The molecule has 1 N–H and O–H groups in total. The fourth-order valence-corrected chi connectivity index (χ4v) is 2.86. The van der Waals surface area contributed by atoms with Crippen molar-refractivity contribution in [2.24, 2.45) is 0 Å². The average Bonchev–Trinajstić information content (AvgIpc) is 2.96. The summed E-state index contributed by atoms with van der Waals surface area (Å²) in [5.74, 6) is -0.701. The maximum absolute atomic E-state index is 13.8. The zero-order valence-electron chi connectivity index (χ0n) is 13.4. The summed E-state index contributed by atoms with van der Waals surface area (Å²) >= 11 is 0. The van der Waals surface area contributed by atoms with E-state index in [1.807, 2.05) is 37.4 Å². The molecule has 0 aliphatic heterocycles. The SMILES string of the molecule is CCN(C(=O)c1c(C)ncc(F)c1C)c1c[nH]c2ccccc12. The Hall–Kier alpha value is -2.69. The highest BCUT2D eigenvalue weighted by Gasteiger charge is 2.24. The van der Waals surface area contributed by atoms with Gasteiger partial charge in [-0.2, -0.15) is 0 Å². The van der Waals surface area contributed by atoms with Gasteiger partial charge in [-0.3, -0.25) is 9.78 Å². The molecule has 1 aromatic carbocycles.